The average Bonchev–Trinajstić information content (AvgIpc) is 3.64. The van der Waals surface area contributed by atoms with Crippen molar-refractivity contribution in [3.63, 3.8) is 0 Å². The van der Waals surface area contributed by atoms with Crippen LogP contribution in [0.25, 0.3) is 0 Å². The molecule has 0 aromatic heterocycles. The fourth-order valence-corrected chi connectivity index (χ4v) is 6.27. The van der Waals surface area contributed by atoms with E-state index in [0.29, 0.717) is 6.61 Å². The Labute approximate surface area is 299 Å². The molecule has 0 heterocycles. The van der Waals surface area contributed by atoms with Crippen LogP contribution in [0.2, 0.25) is 0 Å². The van der Waals surface area contributed by atoms with Crippen molar-refractivity contribution < 1.29 is 37.6 Å². The molecule has 244 valence electrons. The molecular weight excluding hydrogens is 728 g/mol. The largest absolute Gasteiger partial charge is 2.00 e. The number of allylic oxidation sites excluding steroid dienone is 3. The van der Waals surface area contributed by atoms with Crippen LogP contribution >= 0.6 is 31.1 Å². The molecule has 2 radical (unpaired) electrons. The maximum atomic E-state index is 12.4. The summed E-state index contributed by atoms with van der Waals surface area (Å²) in [4.78, 5) is 12.4. The van der Waals surface area contributed by atoms with Gasteiger partial charge in [0, 0.05) is 12.0 Å². The first kappa shape index (κ1) is 43.3. The predicted octanol–water partition coefficient (Wildman–Crippen LogP) is 9.58. The zero-order valence-corrected chi connectivity index (χ0v) is 30.5. The summed E-state index contributed by atoms with van der Waals surface area (Å²) in [6, 6.07) is 39.8. The van der Waals surface area contributed by atoms with Crippen molar-refractivity contribution in [2.24, 2.45) is 5.41 Å². The molecule has 0 aliphatic heterocycles. The number of alkyl halides is 2. The van der Waals surface area contributed by atoms with Gasteiger partial charge in [-0.25, -0.2) is 16.9 Å². The second-order valence-electron chi connectivity index (χ2n) is 9.77. The molecule has 46 heavy (non-hydrogen) atoms. The standard InChI is InChI=1S/C31H33O2P.C5H5.CH2Cl2.BF2.Ru/c1-5-31(3,4)22-21-25(24-30(32)33-6-2)23-26-15-13-14-20-29(26)34(27-16-9-7-10-17-27)28-18-11-8-12-19-28;1-2-4-5-3-1;2*2-1-3;/h5,7-23H,1,6,24H2,2-4H3;1-5H;1H2;;/q;-1;;-1;+2/b22-21+;;;;. The Balaban J connectivity index is 0.00000145. The third-order valence-corrected chi connectivity index (χ3v) is 8.53. The van der Waals surface area contributed by atoms with E-state index < -0.39 is 15.8 Å². The van der Waals surface area contributed by atoms with Gasteiger partial charge in [-0.1, -0.05) is 87.1 Å². The number of ether oxygens (including phenoxy) is 1. The first-order chi connectivity index (χ1) is 21.8. The van der Waals surface area contributed by atoms with Crippen LogP contribution in [0, 0.1) is 17.8 Å². The zero-order valence-electron chi connectivity index (χ0n) is 26.3. The molecule has 9 heteroatoms. The van der Waals surface area contributed by atoms with Gasteiger partial charge in [0.15, 0.2) is 0 Å². The number of carbonyl (C=O) groups excluding carboxylic acids is 1. The maximum absolute atomic E-state index is 12.4. The van der Waals surface area contributed by atoms with E-state index in [1.807, 2.05) is 49.4 Å². The van der Waals surface area contributed by atoms with E-state index in [1.54, 1.807) is 0 Å². The van der Waals surface area contributed by atoms with Gasteiger partial charge in [0.25, 0.3) is 0 Å². The Morgan fingerprint density at radius 3 is 1.87 bits per heavy atom. The Morgan fingerprint density at radius 1 is 0.957 bits per heavy atom. The van der Waals surface area contributed by atoms with Gasteiger partial charge in [0.1, 0.15) is 14.3 Å². The van der Waals surface area contributed by atoms with Crippen LogP contribution < -0.4 is 15.9 Å². The van der Waals surface area contributed by atoms with Crippen LogP contribution in [0.4, 0.5) is 8.63 Å². The molecule has 0 unspecified atom stereocenters. The second-order valence-corrected chi connectivity index (χ2v) is 12.8. The minimum absolute atomic E-state index is 0. The molecule has 0 saturated carbocycles. The van der Waals surface area contributed by atoms with Crippen molar-refractivity contribution in [1.29, 1.82) is 0 Å². The van der Waals surface area contributed by atoms with Crippen LogP contribution in [0.3, 0.4) is 0 Å². The summed E-state index contributed by atoms with van der Waals surface area (Å²) in [6.07, 6.45) is 8.38. The topological polar surface area (TPSA) is 26.3 Å². The summed E-state index contributed by atoms with van der Waals surface area (Å²) < 4.78 is 24.3. The molecule has 0 bridgehead atoms. The maximum Gasteiger partial charge on any atom is 2.00 e. The van der Waals surface area contributed by atoms with Gasteiger partial charge in [-0.15, -0.1) is 47.2 Å². The summed E-state index contributed by atoms with van der Waals surface area (Å²) >= 11 is 9.53. The van der Waals surface area contributed by atoms with Gasteiger partial charge in [0.05, 0.1) is 23.4 Å². The normalized spacial score (nSPS) is 10.1. The van der Waals surface area contributed by atoms with Crippen molar-refractivity contribution in [3.8, 4) is 0 Å². The molecular formula is C37H40BCl2F2O2PRu. The molecule has 0 N–H and O–H groups in total. The Kier molecular flexibility index (Phi) is 24.8. The van der Waals surface area contributed by atoms with Crippen molar-refractivity contribution in [2.75, 3.05) is 11.9 Å². The van der Waals surface area contributed by atoms with Crippen LogP contribution in [0.5, 0.6) is 0 Å². The van der Waals surface area contributed by atoms with E-state index in [1.165, 1.54) is 15.9 Å². The van der Waals surface area contributed by atoms with Gasteiger partial charge >= 0.3 is 25.4 Å². The summed E-state index contributed by atoms with van der Waals surface area (Å²) in [7, 11) is -1.76. The van der Waals surface area contributed by atoms with E-state index in [4.69, 9.17) is 27.9 Å². The van der Waals surface area contributed by atoms with E-state index >= 15 is 0 Å². The first-order valence-corrected chi connectivity index (χ1v) is 16.7. The first-order valence-electron chi connectivity index (χ1n) is 14.3. The molecule has 0 saturated heterocycles. The van der Waals surface area contributed by atoms with Crippen molar-refractivity contribution in [1.82, 2.24) is 0 Å². The number of hydrogen-bond donors (Lipinski definition) is 0. The molecule has 4 aromatic carbocycles. The van der Waals surface area contributed by atoms with Crippen LogP contribution in [-0.2, 0) is 29.0 Å². The van der Waals surface area contributed by atoms with E-state index in [0.717, 1.165) is 11.5 Å². The summed E-state index contributed by atoms with van der Waals surface area (Å²) in [5.41, 5.74) is 0.940. The molecule has 2 nitrogen and oxygen atoms in total. The Morgan fingerprint density at radius 2 is 1.43 bits per heavy atom. The monoisotopic (exact) mass is 768 g/mol. The molecule has 0 aliphatic rings. The number of benzene rings is 3. The number of halogens is 4. The van der Waals surface area contributed by atoms with Crippen molar-refractivity contribution in [2.45, 2.75) is 27.2 Å². The molecule has 0 atom stereocenters. The van der Waals surface area contributed by atoms with Crippen LogP contribution in [0.1, 0.15) is 32.8 Å². The van der Waals surface area contributed by atoms with Crippen LogP contribution in [0.15, 0.2) is 140 Å². The molecule has 4 aromatic rings. The molecule has 0 spiro atoms. The van der Waals surface area contributed by atoms with Crippen LogP contribution in [-0.4, -0.2) is 25.7 Å². The second kappa shape index (κ2) is 26.3. The Hall–Kier alpha value is -2.74. The van der Waals surface area contributed by atoms with E-state index in [2.05, 4.69) is 118 Å². The molecule has 0 amide bonds. The van der Waals surface area contributed by atoms with E-state index in [-0.39, 0.29) is 42.6 Å². The fourth-order valence-electron chi connectivity index (χ4n) is 3.84. The van der Waals surface area contributed by atoms with Gasteiger partial charge < -0.3 is 13.4 Å². The third kappa shape index (κ3) is 17.8. The molecule has 4 rings (SSSR count). The fraction of sp³-hybridized carbons (Fsp3) is 0.189. The van der Waals surface area contributed by atoms with Gasteiger partial charge in [-0.05, 0) is 31.4 Å². The Bertz CT molecular complexity index is 1290. The van der Waals surface area contributed by atoms with E-state index in [9.17, 15) is 13.4 Å². The SMILES string of the molecule is C=CC(C)(C)/C=C/[C+]([CH-]c1ccccc1P(c1ccccc1)c1ccccc1)CC(=O)OCC.ClCCl.F[B-]F.[Ru+2].c1cc[cH-]c1. The third-order valence-electron chi connectivity index (χ3n) is 6.01. The summed E-state index contributed by atoms with van der Waals surface area (Å²) in [5.74, 6) is 0.692. The zero-order chi connectivity index (χ0) is 33.3. The molecule has 0 aliphatic carbocycles. The number of rotatable bonds is 11. The van der Waals surface area contributed by atoms with Gasteiger partial charge in [-0.3, -0.25) is 0 Å². The average molecular weight is 768 g/mol. The number of esters is 1. The van der Waals surface area contributed by atoms with Gasteiger partial charge in [-0.2, -0.15) is 29.8 Å². The molecule has 0 fully saturated rings. The quantitative estimate of drug-likeness (QED) is 0.0380. The van der Waals surface area contributed by atoms with Crippen molar-refractivity contribution in [3.05, 3.63) is 158 Å². The predicted molar refractivity (Wildman–Crippen MR) is 193 cm³/mol. The summed E-state index contributed by atoms with van der Waals surface area (Å²) in [5, 5.41) is 4.03. The number of carbonyl (C=O) groups is 1. The van der Waals surface area contributed by atoms with Crippen molar-refractivity contribution >= 4 is 60.8 Å². The smallest absolute Gasteiger partial charge is 0.554 e. The number of hydrogen-bond acceptors (Lipinski definition) is 2. The minimum Gasteiger partial charge on any atom is -0.554 e. The van der Waals surface area contributed by atoms with Gasteiger partial charge in [0.2, 0.25) is 0 Å². The minimum atomic E-state index is -1.00. The summed E-state index contributed by atoms with van der Waals surface area (Å²) in [6.45, 7) is 10.3.